The molecule has 3 heterocycles. The number of carboxylic acid groups (broad SMARTS) is 1. The van der Waals surface area contributed by atoms with Crippen molar-refractivity contribution in [3.8, 4) is 11.9 Å². The number of ether oxygens (including phenoxy) is 2. The van der Waals surface area contributed by atoms with Gasteiger partial charge in [-0.25, -0.2) is 9.78 Å². The van der Waals surface area contributed by atoms with Gasteiger partial charge in [0.1, 0.15) is 6.07 Å². The molecule has 1 amide bonds. The third-order valence-electron chi connectivity index (χ3n) is 5.89. The van der Waals surface area contributed by atoms with E-state index in [4.69, 9.17) is 24.6 Å². The molecule has 2 fully saturated rings. The Morgan fingerprint density at radius 3 is 2.67 bits per heavy atom. The molecule has 8 nitrogen and oxygen atoms in total. The van der Waals surface area contributed by atoms with E-state index >= 15 is 0 Å². The Morgan fingerprint density at radius 1 is 1.33 bits per heavy atom. The number of aliphatic carboxylic acids is 1. The van der Waals surface area contributed by atoms with Crippen molar-refractivity contribution in [2.45, 2.75) is 38.0 Å². The van der Waals surface area contributed by atoms with Crippen LogP contribution in [0.5, 0.6) is 5.88 Å². The monoisotopic (exact) mass is 467 g/mol. The lowest BCUT2D eigenvalue weighted by atomic mass is 9.91. The number of carbonyl (C=O) groups is 2. The van der Waals surface area contributed by atoms with Gasteiger partial charge in [0.15, 0.2) is 0 Å². The highest BCUT2D eigenvalue weighted by Crippen LogP contribution is 2.36. The van der Waals surface area contributed by atoms with Crippen LogP contribution in [0.3, 0.4) is 0 Å². The SMILES string of the molecule is N#Cc1ccc(OCC[C@H]2CO[C@H]3CN(C(=O)C4=CCCC4)C[C@@H]23)nc1.O=C(O)C(F)(F)F. The maximum absolute atomic E-state index is 12.6. The van der Waals surface area contributed by atoms with Crippen molar-refractivity contribution in [1.82, 2.24) is 9.88 Å². The van der Waals surface area contributed by atoms with E-state index in [1.165, 1.54) is 6.20 Å². The average molecular weight is 467 g/mol. The average Bonchev–Trinajstić information content (AvgIpc) is 3.52. The summed E-state index contributed by atoms with van der Waals surface area (Å²) < 4.78 is 43.4. The molecule has 11 heteroatoms. The van der Waals surface area contributed by atoms with E-state index in [2.05, 4.69) is 11.1 Å². The van der Waals surface area contributed by atoms with Gasteiger partial charge in [-0.05, 0) is 37.7 Å². The summed E-state index contributed by atoms with van der Waals surface area (Å²) in [6, 6.07) is 5.47. The van der Waals surface area contributed by atoms with Crippen LogP contribution in [0.4, 0.5) is 13.2 Å². The van der Waals surface area contributed by atoms with Crippen LogP contribution in [0.15, 0.2) is 30.0 Å². The molecule has 0 radical (unpaired) electrons. The number of rotatable bonds is 5. The second kappa shape index (κ2) is 10.7. The Labute approximate surface area is 188 Å². The number of halogens is 3. The maximum atomic E-state index is 12.6. The van der Waals surface area contributed by atoms with Crippen LogP contribution in [0.1, 0.15) is 31.2 Å². The number of hydrogen-bond acceptors (Lipinski definition) is 6. The number of likely N-dealkylation sites (tertiary alicyclic amines) is 1. The smallest absolute Gasteiger partial charge is 0.478 e. The maximum Gasteiger partial charge on any atom is 0.490 e. The van der Waals surface area contributed by atoms with E-state index in [-0.39, 0.29) is 12.0 Å². The summed E-state index contributed by atoms with van der Waals surface area (Å²) >= 11 is 0. The predicted octanol–water partition coefficient (Wildman–Crippen LogP) is 2.94. The number of allylic oxidation sites excluding steroid dienone is 1. The number of aromatic nitrogens is 1. The molecule has 0 saturated carbocycles. The van der Waals surface area contributed by atoms with Crippen molar-refractivity contribution in [2.24, 2.45) is 11.8 Å². The highest BCUT2D eigenvalue weighted by Gasteiger charge is 2.45. The Bertz CT molecular complexity index is 927. The van der Waals surface area contributed by atoms with Crippen LogP contribution in [0.2, 0.25) is 0 Å². The van der Waals surface area contributed by atoms with Crippen LogP contribution >= 0.6 is 0 Å². The first kappa shape index (κ1) is 24.5. The predicted molar refractivity (Wildman–Crippen MR) is 108 cm³/mol. The molecule has 1 N–H and O–H groups in total. The lowest BCUT2D eigenvalue weighted by Crippen LogP contribution is -2.32. The van der Waals surface area contributed by atoms with E-state index in [0.717, 1.165) is 51.0 Å². The Hall–Kier alpha value is -3.13. The Morgan fingerprint density at radius 2 is 2.09 bits per heavy atom. The summed E-state index contributed by atoms with van der Waals surface area (Å²) in [5.74, 6) is -1.20. The van der Waals surface area contributed by atoms with Crippen molar-refractivity contribution in [2.75, 3.05) is 26.3 Å². The van der Waals surface area contributed by atoms with E-state index < -0.39 is 12.1 Å². The van der Waals surface area contributed by atoms with Gasteiger partial charge in [0, 0.05) is 36.8 Å². The minimum atomic E-state index is -5.08. The van der Waals surface area contributed by atoms with Gasteiger partial charge >= 0.3 is 12.1 Å². The summed E-state index contributed by atoms with van der Waals surface area (Å²) in [5.41, 5.74) is 1.51. The van der Waals surface area contributed by atoms with Crippen molar-refractivity contribution in [3.63, 3.8) is 0 Å². The van der Waals surface area contributed by atoms with Gasteiger partial charge in [0.2, 0.25) is 11.8 Å². The van der Waals surface area contributed by atoms with Crippen LogP contribution in [-0.2, 0) is 14.3 Å². The third kappa shape index (κ3) is 6.44. The fraction of sp³-hybridized carbons (Fsp3) is 0.545. The van der Waals surface area contributed by atoms with Gasteiger partial charge in [-0.1, -0.05) is 6.08 Å². The number of fused-ring (bicyclic) bond motifs is 1. The molecular formula is C22H24F3N3O5. The summed E-state index contributed by atoms with van der Waals surface area (Å²) in [5, 5.41) is 15.9. The summed E-state index contributed by atoms with van der Waals surface area (Å²) in [6.45, 7) is 2.81. The standard InChI is InChI=1S/C20H23N3O3.C2HF3O2/c21-9-14-5-6-19(22-10-14)25-8-7-16-13-26-18-12-23(11-17(16)18)20(24)15-3-1-2-4-15;3-2(4,5)1(6)7/h3,5-6,10,16-18H,1-2,4,7-8,11-13H2;(H,6,7)/t16-,17-,18-;/m0./s1. The van der Waals surface area contributed by atoms with Gasteiger partial charge in [-0.15, -0.1) is 0 Å². The van der Waals surface area contributed by atoms with Crippen molar-refractivity contribution in [3.05, 3.63) is 35.5 Å². The first-order valence-electron chi connectivity index (χ1n) is 10.6. The first-order chi connectivity index (χ1) is 15.7. The highest BCUT2D eigenvalue weighted by molar-refractivity contribution is 5.94. The molecule has 0 aromatic carbocycles. The molecule has 178 valence electrons. The zero-order valence-electron chi connectivity index (χ0n) is 17.8. The molecule has 0 bridgehead atoms. The fourth-order valence-corrected chi connectivity index (χ4v) is 4.18. The fourth-order valence-electron chi connectivity index (χ4n) is 4.18. The Kier molecular flexibility index (Phi) is 7.92. The minimum Gasteiger partial charge on any atom is -0.478 e. The second-order valence-corrected chi connectivity index (χ2v) is 8.06. The molecule has 3 atom stereocenters. The van der Waals surface area contributed by atoms with E-state index in [1.807, 2.05) is 11.0 Å². The highest BCUT2D eigenvalue weighted by atomic mass is 19.4. The van der Waals surface area contributed by atoms with E-state index in [1.54, 1.807) is 12.1 Å². The molecule has 3 aliphatic rings. The molecule has 1 aromatic rings. The summed E-state index contributed by atoms with van der Waals surface area (Å²) in [6.07, 6.45) is 2.62. The van der Waals surface area contributed by atoms with Gasteiger partial charge in [0.05, 0.1) is 24.9 Å². The number of carboxylic acids is 1. The van der Waals surface area contributed by atoms with Gasteiger partial charge < -0.3 is 19.5 Å². The number of amides is 1. The molecule has 4 rings (SSSR count). The number of pyridine rings is 1. The zero-order chi connectivity index (χ0) is 24.0. The summed E-state index contributed by atoms with van der Waals surface area (Å²) in [7, 11) is 0. The number of carbonyl (C=O) groups excluding carboxylic acids is 1. The van der Waals surface area contributed by atoms with Crippen molar-refractivity contribution >= 4 is 11.9 Å². The van der Waals surface area contributed by atoms with Crippen LogP contribution in [-0.4, -0.2) is 65.5 Å². The molecule has 1 aromatic heterocycles. The van der Waals surface area contributed by atoms with E-state index in [9.17, 15) is 18.0 Å². The molecule has 0 spiro atoms. The Balaban J connectivity index is 0.000000383. The number of nitriles is 1. The number of nitrogens with zero attached hydrogens (tertiary/aromatic N) is 3. The molecule has 0 unspecified atom stereocenters. The summed E-state index contributed by atoms with van der Waals surface area (Å²) in [4.78, 5) is 27.6. The van der Waals surface area contributed by atoms with Crippen molar-refractivity contribution < 1.29 is 37.3 Å². The number of hydrogen-bond donors (Lipinski definition) is 1. The first-order valence-corrected chi connectivity index (χ1v) is 10.6. The lowest BCUT2D eigenvalue weighted by Gasteiger charge is -2.20. The lowest BCUT2D eigenvalue weighted by molar-refractivity contribution is -0.192. The molecule has 33 heavy (non-hydrogen) atoms. The normalized spacial score (nSPS) is 23.8. The van der Waals surface area contributed by atoms with Crippen LogP contribution in [0, 0.1) is 23.2 Å². The quantitative estimate of drug-likeness (QED) is 0.708. The zero-order valence-corrected chi connectivity index (χ0v) is 17.8. The van der Waals surface area contributed by atoms with Gasteiger partial charge in [-0.2, -0.15) is 18.4 Å². The molecule has 2 aliphatic heterocycles. The van der Waals surface area contributed by atoms with Gasteiger partial charge in [-0.3, -0.25) is 4.79 Å². The minimum absolute atomic E-state index is 0.166. The molecular weight excluding hydrogens is 443 g/mol. The van der Waals surface area contributed by atoms with Crippen molar-refractivity contribution in [1.29, 1.82) is 5.26 Å². The molecule has 2 saturated heterocycles. The third-order valence-corrected chi connectivity index (χ3v) is 5.89. The second-order valence-electron chi connectivity index (χ2n) is 8.06. The number of alkyl halides is 3. The largest absolute Gasteiger partial charge is 0.490 e. The van der Waals surface area contributed by atoms with E-state index in [0.29, 0.717) is 29.9 Å². The van der Waals surface area contributed by atoms with Crippen LogP contribution < -0.4 is 4.74 Å². The topological polar surface area (TPSA) is 113 Å². The van der Waals surface area contributed by atoms with Gasteiger partial charge in [0.25, 0.3) is 0 Å². The van der Waals surface area contributed by atoms with Crippen LogP contribution in [0.25, 0.3) is 0 Å². The molecule has 1 aliphatic carbocycles.